The Hall–Kier alpha value is -1.79. The highest BCUT2D eigenvalue weighted by Gasteiger charge is 2.17. The Morgan fingerprint density at radius 3 is 2.56 bits per heavy atom. The van der Waals surface area contributed by atoms with Crippen molar-refractivity contribution >= 4 is 27.5 Å². The van der Waals surface area contributed by atoms with Gasteiger partial charge in [-0.05, 0) is 46.6 Å². The summed E-state index contributed by atoms with van der Waals surface area (Å²) < 4.78 is 8.29. The van der Waals surface area contributed by atoms with Crippen LogP contribution in [0.1, 0.15) is 23.0 Å². The number of halogens is 1. The maximum absolute atomic E-state index is 12.7. The highest BCUT2D eigenvalue weighted by Crippen LogP contribution is 2.19. The summed E-state index contributed by atoms with van der Waals surface area (Å²) in [7, 11) is 1.85. The Labute approximate surface area is 157 Å². The summed E-state index contributed by atoms with van der Waals surface area (Å²) in [6, 6.07) is 10.3. The van der Waals surface area contributed by atoms with Crippen LogP contribution >= 0.6 is 15.9 Å². The minimum Gasteiger partial charge on any atom is -0.378 e. The largest absolute Gasteiger partial charge is 0.378 e. The average Bonchev–Trinajstić information content (AvgIpc) is 3.03. The highest BCUT2D eigenvalue weighted by molar-refractivity contribution is 9.10. The molecule has 3 rings (SSSR count). The number of benzene rings is 1. The third-order valence-electron chi connectivity index (χ3n) is 4.50. The first-order chi connectivity index (χ1) is 12.1. The zero-order chi connectivity index (χ0) is 17.8. The molecule has 0 saturated carbocycles. The maximum Gasteiger partial charge on any atom is 0.270 e. The van der Waals surface area contributed by atoms with E-state index in [2.05, 4.69) is 45.1 Å². The van der Waals surface area contributed by atoms with Crippen LogP contribution in [0.15, 0.2) is 41.0 Å². The van der Waals surface area contributed by atoms with Gasteiger partial charge in [-0.15, -0.1) is 0 Å². The molecule has 5 nitrogen and oxygen atoms in total. The molecular weight excluding hydrogens is 382 g/mol. The first-order valence-corrected chi connectivity index (χ1v) is 9.40. The van der Waals surface area contributed by atoms with Crippen LogP contribution < -0.4 is 4.90 Å². The molecular formula is C19H24BrN3O2. The molecule has 0 radical (unpaired) electrons. The third kappa shape index (κ3) is 4.25. The van der Waals surface area contributed by atoms with Crippen molar-refractivity contribution in [3.05, 3.63) is 52.3 Å². The lowest BCUT2D eigenvalue weighted by molar-refractivity contribution is 0.0774. The van der Waals surface area contributed by atoms with Crippen molar-refractivity contribution in [3.8, 4) is 0 Å². The van der Waals surface area contributed by atoms with Crippen LogP contribution in [0.5, 0.6) is 0 Å². The molecule has 25 heavy (non-hydrogen) atoms. The standard InChI is InChI=1S/C19H24BrN3O2/c1-3-22-14-16(20)12-18(22)19(24)21(2)13-15-4-6-17(7-5-15)23-8-10-25-11-9-23/h4-7,12,14H,3,8-11,13H2,1-2H3. The summed E-state index contributed by atoms with van der Waals surface area (Å²) in [5, 5.41) is 0. The minimum atomic E-state index is 0.0322. The molecule has 134 valence electrons. The second kappa shape index (κ2) is 8.06. The van der Waals surface area contributed by atoms with Crippen molar-refractivity contribution in [2.24, 2.45) is 0 Å². The van der Waals surface area contributed by atoms with Crippen molar-refractivity contribution in [3.63, 3.8) is 0 Å². The number of aromatic nitrogens is 1. The van der Waals surface area contributed by atoms with E-state index in [9.17, 15) is 4.79 Å². The van der Waals surface area contributed by atoms with E-state index in [-0.39, 0.29) is 5.91 Å². The Balaban J connectivity index is 1.65. The summed E-state index contributed by atoms with van der Waals surface area (Å²) in [6.45, 7) is 6.83. The lowest BCUT2D eigenvalue weighted by Crippen LogP contribution is -2.36. The van der Waals surface area contributed by atoms with Gasteiger partial charge in [0.05, 0.1) is 13.2 Å². The Kier molecular flexibility index (Phi) is 5.81. The average molecular weight is 406 g/mol. The smallest absolute Gasteiger partial charge is 0.270 e. The molecule has 0 aliphatic carbocycles. The van der Waals surface area contributed by atoms with E-state index in [1.807, 2.05) is 30.8 Å². The van der Waals surface area contributed by atoms with E-state index in [1.54, 1.807) is 4.90 Å². The predicted molar refractivity (Wildman–Crippen MR) is 103 cm³/mol. The van der Waals surface area contributed by atoms with Gasteiger partial charge in [-0.25, -0.2) is 0 Å². The molecule has 1 fully saturated rings. The van der Waals surface area contributed by atoms with Crippen LogP contribution in [-0.4, -0.2) is 48.7 Å². The normalized spacial score (nSPS) is 14.6. The first kappa shape index (κ1) is 18.0. The second-order valence-electron chi connectivity index (χ2n) is 6.26. The lowest BCUT2D eigenvalue weighted by Gasteiger charge is -2.29. The Bertz CT molecular complexity index is 721. The number of carbonyl (C=O) groups excluding carboxylic acids is 1. The molecule has 2 aromatic rings. The van der Waals surface area contributed by atoms with E-state index < -0.39 is 0 Å². The monoisotopic (exact) mass is 405 g/mol. The third-order valence-corrected chi connectivity index (χ3v) is 4.94. The zero-order valence-electron chi connectivity index (χ0n) is 14.7. The van der Waals surface area contributed by atoms with Crippen LogP contribution in [0.3, 0.4) is 0 Å². The molecule has 2 heterocycles. The number of rotatable bonds is 5. The molecule has 1 aromatic heterocycles. The highest BCUT2D eigenvalue weighted by atomic mass is 79.9. The zero-order valence-corrected chi connectivity index (χ0v) is 16.3. The number of ether oxygens (including phenoxy) is 1. The molecule has 0 unspecified atom stereocenters. The van der Waals surface area contributed by atoms with Gasteiger partial charge in [-0.2, -0.15) is 0 Å². The van der Waals surface area contributed by atoms with Crippen LogP contribution in [0.25, 0.3) is 0 Å². The van der Waals surface area contributed by atoms with Crippen LogP contribution in [0, 0.1) is 0 Å². The van der Waals surface area contributed by atoms with E-state index in [1.165, 1.54) is 5.69 Å². The number of hydrogen-bond acceptors (Lipinski definition) is 3. The number of amides is 1. The van der Waals surface area contributed by atoms with E-state index in [0.717, 1.165) is 42.9 Å². The van der Waals surface area contributed by atoms with Crippen molar-refractivity contribution in [2.75, 3.05) is 38.3 Å². The van der Waals surface area contributed by atoms with Gasteiger partial charge < -0.3 is 19.1 Å². The van der Waals surface area contributed by atoms with Crippen molar-refractivity contribution in [1.29, 1.82) is 0 Å². The fourth-order valence-electron chi connectivity index (χ4n) is 3.09. The minimum absolute atomic E-state index is 0.0322. The molecule has 1 amide bonds. The van der Waals surface area contributed by atoms with Gasteiger partial charge in [0.1, 0.15) is 5.69 Å². The Morgan fingerprint density at radius 2 is 1.92 bits per heavy atom. The number of nitrogens with zero attached hydrogens (tertiary/aromatic N) is 3. The number of aryl methyl sites for hydroxylation is 1. The van der Waals surface area contributed by atoms with Gasteiger partial charge in [0, 0.05) is 49.6 Å². The van der Waals surface area contributed by atoms with Crippen molar-refractivity contribution in [2.45, 2.75) is 20.0 Å². The molecule has 1 saturated heterocycles. The van der Waals surface area contributed by atoms with Crippen LogP contribution in [0.4, 0.5) is 5.69 Å². The van der Waals surface area contributed by atoms with E-state index in [0.29, 0.717) is 12.2 Å². The first-order valence-electron chi connectivity index (χ1n) is 8.61. The topological polar surface area (TPSA) is 37.7 Å². The fourth-order valence-corrected chi connectivity index (χ4v) is 3.55. The van der Waals surface area contributed by atoms with Gasteiger partial charge in [-0.1, -0.05) is 12.1 Å². The molecule has 0 N–H and O–H groups in total. The summed E-state index contributed by atoms with van der Waals surface area (Å²) in [5.74, 6) is 0.0322. The molecule has 0 spiro atoms. The number of hydrogen-bond donors (Lipinski definition) is 0. The lowest BCUT2D eigenvalue weighted by atomic mass is 10.1. The Morgan fingerprint density at radius 1 is 1.24 bits per heavy atom. The fraction of sp³-hybridized carbons (Fsp3) is 0.421. The summed E-state index contributed by atoms with van der Waals surface area (Å²) in [4.78, 5) is 16.8. The molecule has 0 bridgehead atoms. The summed E-state index contributed by atoms with van der Waals surface area (Å²) in [6.07, 6.45) is 1.94. The van der Waals surface area contributed by atoms with Gasteiger partial charge in [0.25, 0.3) is 5.91 Å². The second-order valence-corrected chi connectivity index (χ2v) is 7.17. The molecule has 1 aromatic carbocycles. The van der Waals surface area contributed by atoms with Crippen molar-refractivity contribution < 1.29 is 9.53 Å². The van der Waals surface area contributed by atoms with Gasteiger partial charge in [0.2, 0.25) is 0 Å². The SMILES string of the molecule is CCn1cc(Br)cc1C(=O)N(C)Cc1ccc(N2CCOCC2)cc1. The molecule has 1 aliphatic rings. The van der Waals surface area contributed by atoms with E-state index in [4.69, 9.17) is 4.74 Å². The van der Waals surface area contributed by atoms with Gasteiger partial charge in [0.15, 0.2) is 0 Å². The van der Waals surface area contributed by atoms with Gasteiger partial charge in [-0.3, -0.25) is 4.79 Å². The number of morpholine rings is 1. The van der Waals surface area contributed by atoms with Crippen LogP contribution in [0.2, 0.25) is 0 Å². The maximum atomic E-state index is 12.7. The van der Waals surface area contributed by atoms with Gasteiger partial charge >= 0.3 is 0 Å². The van der Waals surface area contributed by atoms with Crippen LogP contribution in [-0.2, 0) is 17.8 Å². The quantitative estimate of drug-likeness (QED) is 0.764. The molecule has 0 atom stereocenters. The molecule has 6 heteroatoms. The predicted octanol–water partition coefficient (Wildman–Crippen LogP) is 3.38. The van der Waals surface area contributed by atoms with E-state index >= 15 is 0 Å². The number of anilines is 1. The molecule has 1 aliphatic heterocycles. The summed E-state index contributed by atoms with van der Waals surface area (Å²) in [5.41, 5.74) is 3.05. The summed E-state index contributed by atoms with van der Waals surface area (Å²) >= 11 is 3.45. The van der Waals surface area contributed by atoms with Crippen molar-refractivity contribution in [1.82, 2.24) is 9.47 Å². The number of carbonyl (C=O) groups is 1.